The van der Waals surface area contributed by atoms with Crippen LogP contribution in [0.15, 0.2) is 12.1 Å². The molecule has 0 fully saturated rings. The summed E-state index contributed by atoms with van der Waals surface area (Å²) in [6.45, 7) is 10.4. The molecule has 0 aliphatic carbocycles. The molecule has 0 heterocycles. The molecule has 0 bridgehead atoms. The predicted molar refractivity (Wildman–Crippen MR) is 89.9 cm³/mol. The molecule has 1 rings (SSSR count). The van der Waals surface area contributed by atoms with Crippen molar-refractivity contribution < 1.29 is 23.8 Å². The zero-order valence-electron chi connectivity index (χ0n) is 14.7. The molecule has 0 radical (unpaired) electrons. The predicted octanol–water partition coefficient (Wildman–Crippen LogP) is 4.43. The molecule has 0 saturated carbocycles. The van der Waals surface area contributed by atoms with Gasteiger partial charge in [0.1, 0.15) is 11.4 Å². The summed E-state index contributed by atoms with van der Waals surface area (Å²) < 4.78 is 19.4. The first-order valence-corrected chi connectivity index (χ1v) is 7.82. The first-order chi connectivity index (χ1) is 10.7. The third kappa shape index (κ3) is 5.37. The summed E-state index contributed by atoms with van der Waals surface area (Å²) in [6, 6.07) is 0.911. The molecule has 7 heteroatoms. The largest absolute Gasteiger partial charge is 0.479 e. The first-order valence-electron chi connectivity index (χ1n) is 7.44. The molecule has 1 amide bonds. The Hall–Kier alpha value is -1.82. The molecule has 5 nitrogen and oxygen atoms in total. The number of ether oxygens (including phenoxy) is 1. The normalized spacial score (nSPS) is 13.3. The number of rotatable bonds is 3. The molecule has 1 atom stereocenters. The van der Waals surface area contributed by atoms with Gasteiger partial charge in [-0.1, -0.05) is 32.4 Å². The Morgan fingerprint density at radius 1 is 1.21 bits per heavy atom. The van der Waals surface area contributed by atoms with Crippen LogP contribution < -0.4 is 5.32 Å². The number of hydrogen-bond acceptors (Lipinski definition) is 3. The molecule has 1 aromatic carbocycles. The molecule has 0 aliphatic heterocycles. The van der Waals surface area contributed by atoms with Crippen molar-refractivity contribution in [3.8, 4) is 0 Å². The van der Waals surface area contributed by atoms with Crippen molar-refractivity contribution in [2.75, 3.05) is 0 Å². The number of carboxylic acid groups (broad SMARTS) is 1. The number of halogens is 2. The minimum atomic E-state index is -1.52. The molecular formula is C17H23ClFNO4. The highest BCUT2D eigenvalue weighted by atomic mass is 35.5. The van der Waals surface area contributed by atoms with Gasteiger partial charge >= 0.3 is 12.1 Å². The van der Waals surface area contributed by atoms with Gasteiger partial charge in [-0.2, -0.15) is 0 Å². The van der Waals surface area contributed by atoms with E-state index in [0.717, 1.165) is 6.07 Å². The average Bonchev–Trinajstić information content (AvgIpc) is 2.34. The van der Waals surface area contributed by atoms with Gasteiger partial charge in [0, 0.05) is 10.6 Å². The highest BCUT2D eigenvalue weighted by molar-refractivity contribution is 6.31. The number of hydrogen-bond donors (Lipinski definition) is 2. The van der Waals surface area contributed by atoms with Gasteiger partial charge in [0.15, 0.2) is 6.04 Å². The average molecular weight is 360 g/mol. The third-order valence-corrected chi connectivity index (χ3v) is 3.44. The van der Waals surface area contributed by atoms with Crippen molar-refractivity contribution >= 4 is 23.7 Å². The van der Waals surface area contributed by atoms with Gasteiger partial charge in [0.2, 0.25) is 0 Å². The molecule has 134 valence electrons. The molecule has 0 saturated heterocycles. The SMILES string of the molecule is CC(C)(C)OC(=O)NC(C(=O)O)c1cc(F)c(C(C)(C)C)cc1Cl. The molecular weight excluding hydrogens is 337 g/mol. The van der Waals surface area contributed by atoms with E-state index in [1.54, 1.807) is 20.8 Å². The van der Waals surface area contributed by atoms with E-state index in [-0.39, 0.29) is 10.6 Å². The van der Waals surface area contributed by atoms with E-state index in [1.165, 1.54) is 6.07 Å². The van der Waals surface area contributed by atoms with Crippen molar-refractivity contribution in [2.45, 2.75) is 58.6 Å². The minimum absolute atomic E-state index is 0.0412. The van der Waals surface area contributed by atoms with Crippen LogP contribution in [0.4, 0.5) is 9.18 Å². The fraction of sp³-hybridized carbons (Fsp3) is 0.529. The van der Waals surface area contributed by atoms with Crippen LogP contribution in [0.5, 0.6) is 0 Å². The molecule has 0 aliphatic rings. The summed E-state index contributed by atoms with van der Waals surface area (Å²) in [4.78, 5) is 23.3. The van der Waals surface area contributed by atoms with Gasteiger partial charge in [-0.05, 0) is 43.9 Å². The summed E-state index contributed by atoms with van der Waals surface area (Å²) in [5.41, 5.74) is -0.972. The zero-order chi connectivity index (χ0) is 18.9. The van der Waals surface area contributed by atoms with Gasteiger partial charge in [-0.25, -0.2) is 14.0 Å². The van der Waals surface area contributed by atoms with Gasteiger partial charge in [0.05, 0.1) is 0 Å². The van der Waals surface area contributed by atoms with Gasteiger partial charge in [0.25, 0.3) is 0 Å². The lowest BCUT2D eigenvalue weighted by Crippen LogP contribution is -2.38. The summed E-state index contributed by atoms with van der Waals surface area (Å²) >= 11 is 6.14. The second kappa shape index (κ2) is 6.97. The van der Waals surface area contributed by atoms with E-state index < -0.39 is 34.9 Å². The number of carboxylic acids is 1. The van der Waals surface area contributed by atoms with E-state index in [0.29, 0.717) is 5.56 Å². The van der Waals surface area contributed by atoms with Crippen LogP contribution in [-0.4, -0.2) is 22.8 Å². The van der Waals surface area contributed by atoms with E-state index in [1.807, 2.05) is 20.8 Å². The Bertz CT molecular complexity index is 647. The van der Waals surface area contributed by atoms with Crippen molar-refractivity contribution in [3.63, 3.8) is 0 Å². The molecule has 0 aromatic heterocycles. The van der Waals surface area contributed by atoms with Crippen LogP contribution >= 0.6 is 11.6 Å². The topological polar surface area (TPSA) is 75.6 Å². The fourth-order valence-corrected chi connectivity index (χ4v) is 2.33. The maximum Gasteiger partial charge on any atom is 0.408 e. The monoisotopic (exact) mass is 359 g/mol. The Morgan fingerprint density at radius 2 is 1.75 bits per heavy atom. The molecule has 1 unspecified atom stereocenters. The number of carbonyl (C=O) groups excluding carboxylic acids is 1. The summed E-state index contributed by atoms with van der Waals surface area (Å²) in [6.07, 6.45) is -0.925. The van der Waals surface area contributed by atoms with E-state index in [2.05, 4.69) is 5.32 Å². The highest BCUT2D eigenvalue weighted by Gasteiger charge is 2.29. The van der Waals surface area contributed by atoms with Crippen LogP contribution in [-0.2, 0) is 14.9 Å². The smallest absolute Gasteiger partial charge is 0.408 e. The van der Waals surface area contributed by atoms with Crippen molar-refractivity contribution in [3.05, 3.63) is 34.1 Å². The number of carbonyl (C=O) groups is 2. The first kappa shape index (κ1) is 20.2. The zero-order valence-corrected chi connectivity index (χ0v) is 15.4. The molecule has 2 N–H and O–H groups in total. The lowest BCUT2D eigenvalue weighted by Gasteiger charge is -2.24. The molecule has 0 spiro atoms. The summed E-state index contributed by atoms with van der Waals surface area (Å²) in [5, 5.41) is 11.6. The van der Waals surface area contributed by atoms with Crippen molar-refractivity contribution in [2.24, 2.45) is 0 Å². The number of alkyl carbamates (subject to hydrolysis) is 1. The summed E-state index contributed by atoms with van der Waals surface area (Å²) in [7, 11) is 0. The Morgan fingerprint density at radius 3 is 2.17 bits per heavy atom. The fourth-order valence-electron chi connectivity index (χ4n) is 2.06. The quantitative estimate of drug-likeness (QED) is 0.837. The Kier molecular flexibility index (Phi) is 5.87. The highest BCUT2D eigenvalue weighted by Crippen LogP contribution is 2.32. The van der Waals surface area contributed by atoms with Crippen LogP contribution in [0.2, 0.25) is 5.02 Å². The number of amides is 1. The molecule has 24 heavy (non-hydrogen) atoms. The van der Waals surface area contributed by atoms with Gasteiger partial charge < -0.3 is 15.2 Å². The molecule has 1 aromatic rings. The van der Waals surface area contributed by atoms with Crippen molar-refractivity contribution in [1.82, 2.24) is 5.32 Å². The third-order valence-electron chi connectivity index (χ3n) is 3.11. The van der Waals surface area contributed by atoms with Crippen LogP contribution in [0.1, 0.15) is 58.7 Å². The maximum atomic E-state index is 14.4. The van der Waals surface area contributed by atoms with Crippen molar-refractivity contribution in [1.29, 1.82) is 0 Å². The van der Waals surface area contributed by atoms with Gasteiger partial charge in [-0.3, -0.25) is 0 Å². The van der Waals surface area contributed by atoms with Crippen LogP contribution in [0.3, 0.4) is 0 Å². The lowest BCUT2D eigenvalue weighted by atomic mass is 9.85. The van der Waals surface area contributed by atoms with Crippen LogP contribution in [0, 0.1) is 5.82 Å². The summed E-state index contributed by atoms with van der Waals surface area (Å²) in [5.74, 6) is -1.95. The second-order valence-electron chi connectivity index (χ2n) is 7.52. The number of benzene rings is 1. The van der Waals surface area contributed by atoms with Crippen LogP contribution in [0.25, 0.3) is 0 Å². The van der Waals surface area contributed by atoms with E-state index in [4.69, 9.17) is 16.3 Å². The van der Waals surface area contributed by atoms with E-state index in [9.17, 15) is 19.1 Å². The Labute approximate surface area is 146 Å². The Balaban J connectivity index is 3.21. The van der Waals surface area contributed by atoms with E-state index >= 15 is 0 Å². The lowest BCUT2D eigenvalue weighted by molar-refractivity contribution is -0.139. The number of nitrogens with one attached hydrogen (secondary N) is 1. The maximum absolute atomic E-state index is 14.4. The standard InChI is InChI=1S/C17H23ClFNO4/c1-16(2,3)10-8-11(18)9(7-12(10)19)13(14(21)22)20-15(23)24-17(4,5)6/h7-8,13H,1-6H3,(H,20,23)(H,21,22). The minimum Gasteiger partial charge on any atom is -0.479 e. The number of aliphatic carboxylic acids is 1. The van der Waals surface area contributed by atoms with Gasteiger partial charge in [-0.15, -0.1) is 0 Å². The second-order valence-corrected chi connectivity index (χ2v) is 7.93.